The zero-order chi connectivity index (χ0) is 16.7. The number of carbonyl (C=O) groups is 1. The zero-order valence-electron chi connectivity index (χ0n) is 14.6. The number of benzene rings is 1. The van der Waals surface area contributed by atoms with Crippen molar-refractivity contribution in [2.75, 3.05) is 7.05 Å². The molecule has 0 spiro atoms. The van der Waals surface area contributed by atoms with Gasteiger partial charge in [-0.05, 0) is 68.2 Å². The summed E-state index contributed by atoms with van der Waals surface area (Å²) in [5.41, 5.74) is 6.11. The van der Waals surface area contributed by atoms with Gasteiger partial charge in [0.25, 0.3) is 5.91 Å². The van der Waals surface area contributed by atoms with E-state index in [1.807, 2.05) is 35.9 Å². The highest BCUT2D eigenvalue weighted by Crippen LogP contribution is 2.34. The molecule has 0 N–H and O–H groups in total. The van der Waals surface area contributed by atoms with Gasteiger partial charge in [0, 0.05) is 30.9 Å². The number of amides is 1. The topological polar surface area (TPSA) is 38.1 Å². The van der Waals surface area contributed by atoms with Crippen molar-refractivity contribution in [3.05, 3.63) is 52.3 Å². The molecular formula is C20H25N3O. The number of nitrogens with zero attached hydrogens (tertiary/aromatic N) is 3. The van der Waals surface area contributed by atoms with Crippen molar-refractivity contribution in [3.8, 4) is 0 Å². The molecule has 0 aliphatic heterocycles. The zero-order valence-corrected chi connectivity index (χ0v) is 14.6. The van der Waals surface area contributed by atoms with Crippen LogP contribution in [-0.4, -0.2) is 27.6 Å². The van der Waals surface area contributed by atoms with Gasteiger partial charge < -0.3 is 4.90 Å². The van der Waals surface area contributed by atoms with Crippen LogP contribution in [0.3, 0.4) is 0 Å². The van der Waals surface area contributed by atoms with Gasteiger partial charge in [-0.2, -0.15) is 5.10 Å². The lowest BCUT2D eigenvalue weighted by molar-refractivity contribution is 0.0714. The Hall–Kier alpha value is -2.10. The summed E-state index contributed by atoms with van der Waals surface area (Å²) in [6, 6.07) is 6.44. The molecule has 1 aromatic carbocycles. The minimum Gasteiger partial charge on any atom is -0.335 e. The lowest BCUT2D eigenvalue weighted by Gasteiger charge is -2.32. The Kier molecular flexibility index (Phi) is 3.91. The molecule has 4 rings (SSSR count). The first-order chi connectivity index (χ1) is 11.6. The minimum atomic E-state index is 0.130. The molecule has 0 radical (unpaired) electrons. The van der Waals surface area contributed by atoms with Gasteiger partial charge in [-0.1, -0.05) is 6.07 Å². The Bertz CT molecular complexity index is 777. The Balaban J connectivity index is 1.61. The third-order valence-corrected chi connectivity index (χ3v) is 5.73. The van der Waals surface area contributed by atoms with Crippen LogP contribution in [0.2, 0.25) is 0 Å². The third-order valence-electron chi connectivity index (χ3n) is 5.73. The Labute approximate surface area is 143 Å². The van der Waals surface area contributed by atoms with Crippen molar-refractivity contribution >= 4 is 5.91 Å². The van der Waals surface area contributed by atoms with Crippen LogP contribution in [0.4, 0.5) is 0 Å². The summed E-state index contributed by atoms with van der Waals surface area (Å²) in [6.45, 7) is 0. The first-order valence-corrected chi connectivity index (χ1v) is 9.05. The van der Waals surface area contributed by atoms with E-state index < -0.39 is 0 Å². The van der Waals surface area contributed by atoms with Gasteiger partial charge in [0.2, 0.25) is 0 Å². The fraction of sp³-hybridized carbons (Fsp3) is 0.500. The summed E-state index contributed by atoms with van der Waals surface area (Å²) in [5.74, 6) is 0.130. The lowest BCUT2D eigenvalue weighted by atomic mass is 9.89. The fourth-order valence-corrected chi connectivity index (χ4v) is 4.30. The molecule has 4 nitrogen and oxygen atoms in total. The predicted molar refractivity (Wildman–Crippen MR) is 94.1 cm³/mol. The van der Waals surface area contributed by atoms with E-state index in [4.69, 9.17) is 0 Å². The average molecular weight is 323 g/mol. The van der Waals surface area contributed by atoms with E-state index in [1.54, 1.807) is 0 Å². The minimum absolute atomic E-state index is 0.130. The highest BCUT2D eigenvalue weighted by molar-refractivity contribution is 5.94. The van der Waals surface area contributed by atoms with E-state index in [2.05, 4.69) is 17.2 Å². The molecule has 2 aliphatic carbocycles. The van der Waals surface area contributed by atoms with E-state index in [-0.39, 0.29) is 11.9 Å². The number of aromatic nitrogens is 2. The van der Waals surface area contributed by atoms with Crippen LogP contribution < -0.4 is 0 Å². The smallest absolute Gasteiger partial charge is 0.254 e. The molecule has 2 aliphatic rings. The highest BCUT2D eigenvalue weighted by Gasteiger charge is 2.29. The highest BCUT2D eigenvalue weighted by atomic mass is 16.2. The molecule has 0 bridgehead atoms. The van der Waals surface area contributed by atoms with Crippen LogP contribution in [0.25, 0.3) is 0 Å². The van der Waals surface area contributed by atoms with Gasteiger partial charge in [-0.3, -0.25) is 9.48 Å². The van der Waals surface area contributed by atoms with Crippen LogP contribution in [-0.2, 0) is 26.3 Å². The van der Waals surface area contributed by atoms with Gasteiger partial charge >= 0.3 is 0 Å². The molecule has 0 saturated carbocycles. The summed E-state index contributed by atoms with van der Waals surface area (Å²) in [6.07, 6.45) is 9.90. The summed E-state index contributed by atoms with van der Waals surface area (Å²) in [5, 5.41) is 4.40. The number of rotatable bonds is 2. The van der Waals surface area contributed by atoms with Crippen molar-refractivity contribution in [2.24, 2.45) is 7.05 Å². The molecule has 1 amide bonds. The first kappa shape index (κ1) is 15.4. The second-order valence-corrected chi connectivity index (χ2v) is 7.18. The summed E-state index contributed by atoms with van der Waals surface area (Å²) in [4.78, 5) is 15.0. The normalized spacial score (nSPS) is 19.5. The number of hydrogen-bond donors (Lipinski definition) is 0. The average Bonchev–Trinajstić information content (AvgIpc) is 3.01. The van der Waals surface area contributed by atoms with Gasteiger partial charge in [-0.25, -0.2) is 0 Å². The SMILES string of the molecule is CN(C(=O)c1ccc2c(c1)CCCC2)C1CCCc2c1cnn2C. The predicted octanol–water partition coefficient (Wildman–Crippen LogP) is 3.45. The monoisotopic (exact) mass is 323 g/mol. The summed E-state index contributed by atoms with van der Waals surface area (Å²) in [7, 11) is 3.93. The Morgan fingerprint density at radius 1 is 1.17 bits per heavy atom. The van der Waals surface area contributed by atoms with Crippen molar-refractivity contribution < 1.29 is 4.79 Å². The molecule has 2 aromatic rings. The van der Waals surface area contributed by atoms with Crippen LogP contribution in [0.1, 0.15) is 64.5 Å². The molecule has 1 heterocycles. The van der Waals surface area contributed by atoms with Crippen LogP contribution >= 0.6 is 0 Å². The number of fused-ring (bicyclic) bond motifs is 2. The van der Waals surface area contributed by atoms with Gasteiger partial charge in [-0.15, -0.1) is 0 Å². The molecule has 126 valence electrons. The van der Waals surface area contributed by atoms with Crippen molar-refractivity contribution in [1.82, 2.24) is 14.7 Å². The van der Waals surface area contributed by atoms with Crippen LogP contribution in [0.5, 0.6) is 0 Å². The molecule has 1 unspecified atom stereocenters. The summed E-state index contributed by atoms with van der Waals surface area (Å²) >= 11 is 0. The number of aryl methyl sites for hydroxylation is 3. The van der Waals surface area contributed by atoms with E-state index in [0.717, 1.165) is 37.7 Å². The number of carbonyl (C=O) groups excluding carboxylic acids is 1. The summed E-state index contributed by atoms with van der Waals surface area (Å²) < 4.78 is 1.96. The van der Waals surface area contributed by atoms with E-state index in [0.29, 0.717) is 0 Å². The fourth-order valence-electron chi connectivity index (χ4n) is 4.30. The first-order valence-electron chi connectivity index (χ1n) is 9.05. The molecular weight excluding hydrogens is 298 g/mol. The Morgan fingerprint density at radius 3 is 2.79 bits per heavy atom. The van der Waals surface area contributed by atoms with E-state index in [1.165, 1.54) is 35.2 Å². The van der Waals surface area contributed by atoms with Gasteiger partial charge in [0.1, 0.15) is 0 Å². The molecule has 0 saturated heterocycles. The van der Waals surface area contributed by atoms with Crippen molar-refractivity contribution in [1.29, 1.82) is 0 Å². The molecule has 24 heavy (non-hydrogen) atoms. The third kappa shape index (κ3) is 2.54. The largest absolute Gasteiger partial charge is 0.335 e. The second-order valence-electron chi connectivity index (χ2n) is 7.18. The van der Waals surface area contributed by atoms with Crippen molar-refractivity contribution in [2.45, 2.75) is 51.0 Å². The molecule has 0 fully saturated rings. The van der Waals surface area contributed by atoms with Gasteiger partial charge in [0.05, 0.1) is 12.2 Å². The van der Waals surface area contributed by atoms with E-state index in [9.17, 15) is 4.79 Å². The maximum absolute atomic E-state index is 13.0. The van der Waals surface area contributed by atoms with Crippen LogP contribution in [0.15, 0.2) is 24.4 Å². The van der Waals surface area contributed by atoms with Gasteiger partial charge in [0.15, 0.2) is 0 Å². The maximum Gasteiger partial charge on any atom is 0.254 e. The molecule has 4 heteroatoms. The van der Waals surface area contributed by atoms with E-state index >= 15 is 0 Å². The Morgan fingerprint density at radius 2 is 1.96 bits per heavy atom. The molecule has 1 aromatic heterocycles. The quantitative estimate of drug-likeness (QED) is 0.849. The maximum atomic E-state index is 13.0. The second kappa shape index (κ2) is 6.08. The lowest BCUT2D eigenvalue weighted by Crippen LogP contribution is -2.33. The van der Waals surface area contributed by atoms with Crippen molar-refractivity contribution in [3.63, 3.8) is 0 Å². The number of hydrogen-bond acceptors (Lipinski definition) is 2. The standard InChI is InChI=1S/C20H25N3O/c1-22(18-8-5-9-19-17(18)13-21-23(19)2)20(24)16-11-10-14-6-3-4-7-15(14)12-16/h10-13,18H,3-9H2,1-2H3. The van der Waals surface area contributed by atoms with Crippen LogP contribution in [0, 0.1) is 0 Å². The molecule has 1 atom stereocenters.